The van der Waals surface area contributed by atoms with Crippen molar-refractivity contribution < 1.29 is 34.8 Å². The number of phenols is 1. The van der Waals surface area contributed by atoms with Crippen LogP contribution in [0.25, 0.3) is 0 Å². The van der Waals surface area contributed by atoms with E-state index in [1.807, 2.05) is 0 Å². The van der Waals surface area contributed by atoms with E-state index >= 15 is 0 Å². The Morgan fingerprint density at radius 1 is 1.22 bits per heavy atom. The molecule has 0 spiro atoms. The normalized spacial score (nSPS) is 30.1. The summed E-state index contributed by atoms with van der Waals surface area (Å²) < 4.78 is 4.97. The molecule has 122 valence electrons. The molecule has 3 atom stereocenters. The number of hydrogen-bond acceptors (Lipinski definition) is 7. The third-order valence-corrected chi connectivity index (χ3v) is 4.54. The fourth-order valence-corrected chi connectivity index (χ4v) is 3.06. The minimum atomic E-state index is -1.95. The van der Waals surface area contributed by atoms with Crippen molar-refractivity contribution in [2.75, 3.05) is 7.11 Å². The zero-order chi connectivity index (χ0) is 17.1. The first-order valence-electron chi connectivity index (χ1n) is 7.02. The zero-order valence-corrected chi connectivity index (χ0v) is 12.5. The highest BCUT2D eigenvalue weighted by atomic mass is 16.5. The monoisotopic (exact) mass is 320 g/mol. The number of aliphatic hydroxyl groups excluding tert-OH is 2. The van der Waals surface area contributed by atoms with E-state index in [0.717, 1.165) is 0 Å². The van der Waals surface area contributed by atoms with E-state index in [1.165, 1.54) is 26.2 Å². The summed E-state index contributed by atoms with van der Waals surface area (Å²) in [5, 5.41) is 40.5. The van der Waals surface area contributed by atoms with Gasteiger partial charge in [-0.2, -0.15) is 0 Å². The van der Waals surface area contributed by atoms with Gasteiger partial charge < -0.3 is 25.2 Å². The van der Waals surface area contributed by atoms with Crippen LogP contribution in [0.15, 0.2) is 23.3 Å². The highest BCUT2D eigenvalue weighted by Crippen LogP contribution is 2.43. The standard InChI is InChI=1S/C16H16O7/c1-16(22)10(18)5-8-12(15(16)21)14(20)7-3-6(23-2)4-9(17)11(7)13(8)19/h3-4,10,15,17-18,21-22H,5H2,1-2H3/t10-,15-,16-/m0/s1. The van der Waals surface area contributed by atoms with Crippen LogP contribution in [0.3, 0.4) is 0 Å². The highest BCUT2D eigenvalue weighted by Gasteiger charge is 2.51. The summed E-state index contributed by atoms with van der Waals surface area (Å²) in [6, 6.07) is 2.51. The predicted molar refractivity (Wildman–Crippen MR) is 77.6 cm³/mol. The molecule has 0 unspecified atom stereocenters. The molecule has 2 aliphatic carbocycles. The average Bonchev–Trinajstić information content (AvgIpc) is 2.49. The van der Waals surface area contributed by atoms with Crippen LogP contribution in [0.5, 0.6) is 11.5 Å². The van der Waals surface area contributed by atoms with Crippen molar-refractivity contribution >= 4 is 11.6 Å². The molecule has 23 heavy (non-hydrogen) atoms. The molecule has 0 saturated carbocycles. The molecule has 2 aliphatic rings. The molecular formula is C16H16O7. The number of methoxy groups -OCH3 is 1. The van der Waals surface area contributed by atoms with Crippen molar-refractivity contribution in [3.05, 3.63) is 34.4 Å². The fraction of sp³-hybridized carbons (Fsp3) is 0.375. The number of benzene rings is 1. The first kappa shape index (κ1) is 15.7. The summed E-state index contributed by atoms with van der Waals surface area (Å²) in [6.07, 6.45) is -3.40. The minimum Gasteiger partial charge on any atom is -0.507 e. The molecule has 1 aromatic rings. The predicted octanol–water partition coefficient (Wildman–Crippen LogP) is -0.0471. The van der Waals surface area contributed by atoms with Crippen molar-refractivity contribution in [1.82, 2.24) is 0 Å². The lowest BCUT2D eigenvalue weighted by molar-refractivity contribution is -0.126. The van der Waals surface area contributed by atoms with E-state index in [2.05, 4.69) is 0 Å². The molecule has 0 saturated heterocycles. The van der Waals surface area contributed by atoms with Gasteiger partial charge in [-0.05, 0) is 13.0 Å². The van der Waals surface area contributed by atoms with E-state index in [1.54, 1.807) is 0 Å². The molecule has 0 bridgehead atoms. The lowest BCUT2D eigenvalue weighted by Gasteiger charge is -2.41. The van der Waals surface area contributed by atoms with Crippen LogP contribution in [-0.4, -0.2) is 56.9 Å². The number of Topliss-reactive ketones (excluding diaryl/α,β-unsaturated/α-hetero) is 2. The van der Waals surface area contributed by atoms with E-state index in [0.29, 0.717) is 0 Å². The van der Waals surface area contributed by atoms with Gasteiger partial charge >= 0.3 is 0 Å². The number of phenolic OH excluding ortho intramolecular Hbond substituents is 1. The summed E-state index contributed by atoms with van der Waals surface area (Å²) in [4.78, 5) is 25.3. The second kappa shape index (κ2) is 4.89. The number of ether oxygens (including phenoxy) is 1. The summed E-state index contributed by atoms with van der Waals surface area (Å²) in [5.74, 6) is -1.55. The Labute approximate surface area is 131 Å². The van der Waals surface area contributed by atoms with Gasteiger partial charge in [-0.25, -0.2) is 0 Å². The number of aromatic hydroxyl groups is 1. The topological polar surface area (TPSA) is 124 Å². The lowest BCUT2D eigenvalue weighted by Crippen LogP contribution is -2.56. The number of hydrogen-bond donors (Lipinski definition) is 4. The van der Waals surface area contributed by atoms with E-state index < -0.39 is 35.1 Å². The second-order valence-electron chi connectivity index (χ2n) is 5.97. The number of fused-ring (bicyclic) bond motifs is 1. The maximum absolute atomic E-state index is 12.7. The molecule has 7 heteroatoms. The number of aliphatic hydroxyl groups is 3. The fourth-order valence-electron chi connectivity index (χ4n) is 3.06. The first-order valence-corrected chi connectivity index (χ1v) is 7.02. The van der Waals surface area contributed by atoms with E-state index in [4.69, 9.17) is 4.74 Å². The Kier molecular flexibility index (Phi) is 3.33. The van der Waals surface area contributed by atoms with Crippen LogP contribution < -0.4 is 4.74 Å². The SMILES string of the molecule is COc1cc(O)c2c(c1)C(=O)C1=C(C[C@H](O)[C@](C)(O)[C@H]1O)C2=O. The van der Waals surface area contributed by atoms with Gasteiger partial charge in [-0.3, -0.25) is 9.59 Å². The number of ketones is 2. The quantitative estimate of drug-likeness (QED) is 0.572. The van der Waals surface area contributed by atoms with E-state index in [9.17, 15) is 30.0 Å². The summed E-state index contributed by atoms with van der Waals surface area (Å²) >= 11 is 0. The Morgan fingerprint density at radius 3 is 2.48 bits per heavy atom. The molecule has 1 aromatic carbocycles. The van der Waals surface area contributed by atoms with Crippen LogP contribution in [0, 0.1) is 0 Å². The number of carbonyl (C=O) groups is 2. The zero-order valence-electron chi connectivity index (χ0n) is 12.5. The molecule has 7 nitrogen and oxygen atoms in total. The molecule has 4 N–H and O–H groups in total. The summed E-state index contributed by atoms with van der Waals surface area (Å²) in [6.45, 7) is 1.20. The Morgan fingerprint density at radius 2 is 1.87 bits per heavy atom. The van der Waals surface area contributed by atoms with Gasteiger partial charge in [0.25, 0.3) is 0 Å². The number of rotatable bonds is 1. The minimum absolute atomic E-state index is 0.0884. The molecule has 0 aromatic heterocycles. The largest absolute Gasteiger partial charge is 0.507 e. The molecule has 0 fully saturated rings. The van der Waals surface area contributed by atoms with Crippen molar-refractivity contribution in [1.29, 1.82) is 0 Å². The Hall–Kier alpha value is -2.22. The maximum atomic E-state index is 12.7. The molecule has 0 aliphatic heterocycles. The number of carbonyl (C=O) groups excluding carboxylic acids is 2. The van der Waals surface area contributed by atoms with Crippen LogP contribution in [0.2, 0.25) is 0 Å². The molecular weight excluding hydrogens is 304 g/mol. The lowest BCUT2D eigenvalue weighted by atomic mass is 9.69. The van der Waals surface area contributed by atoms with Gasteiger partial charge in [0.05, 0.1) is 18.8 Å². The van der Waals surface area contributed by atoms with Gasteiger partial charge in [0.2, 0.25) is 0 Å². The average molecular weight is 320 g/mol. The van der Waals surface area contributed by atoms with Crippen molar-refractivity contribution in [2.24, 2.45) is 0 Å². The molecule has 0 heterocycles. The van der Waals surface area contributed by atoms with Crippen molar-refractivity contribution in [2.45, 2.75) is 31.2 Å². The van der Waals surface area contributed by atoms with Crippen LogP contribution >= 0.6 is 0 Å². The Bertz CT molecular complexity index is 760. The Balaban J connectivity index is 2.24. The van der Waals surface area contributed by atoms with E-state index in [-0.39, 0.29) is 34.4 Å². The van der Waals surface area contributed by atoms with Gasteiger partial charge in [0, 0.05) is 29.2 Å². The molecule has 0 amide bonds. The second-order valence-corrected chi connectivity index (χ2v) is 5.97. The van der Waals surface area contributed by atoms with Crippen molar-refractivity contribution in [3.63, 3.8) is 0 Å². The maximum Gasteiger partial charge on any atom is 0.194 e. The van der Waals surface area contributed by atoms with Gasteiger partial charge in [0.15, 0.2) is 11.6 Å². The van der Waals surface area contributed by atoms with Gasteiger partial charge in [-0.15, -0.1) is 0 Å². The first-order chi connectivity index (χ1) is 10.7. The third-order valence-electron chi connectivity index (χ3n) is 4.54. The van der Waals surface area contributed by atoms with Crippen molar-refractivity contribution in [3.8, 4) is 11.5 Å². The van der Waals surface area contributed by atoms with Gasteiger partial charge in [0.1, 0.15) is 23.2 Å². The van der Waals surface area contributed by atoms with Crippen LogP contribution in [-0.2, 0) is 0 Å². The summed E-state index contributed by atoms with van der Waals surface area (Å²) in [7, 11) is 1.34. The van der Waals surface area contributed by atoms with Crippen LogP contribution in [0.1, 0.15) is 34.1 Å². The highest BCUT2D eigenvalue weighted by molar-refractivity contribution is 6.28. The molecule has 0 radical (unpaired) electrons. The van der Waals surface area contributed by atoms with Gasteiger partial charge in [-0.1, -0.05) is 0 Å². The molecule has 3 rings (SSSR count). The van der Waals surface area contributed by atoms with Crippen LogP contribution in [0.4, 0.5) is 0 Å². The smallest absolute Gasteiger partial charge is 0.194 e. The summed E-state index contributed by atoms with van der Waals surface area (Å²) in [5.41, 5.74) is -2.57. The third kappa shape index (κ3) is 2.01.